The van der Waals surface area contributed by atoms with Crippen molar-refractivity contribution >= 4 is 5.91 Å². The second-order valence-corrected chi connectivity index (χ2v) is 6.33. The molecule has 2 atom stereocenters. The summed E-state index contributed by atoms with van der Waals surface area (Å²) in [5.74, 6) is 0.957. The highest BCUT2D eigenvalue weighted by Gasteiger charge is 2.37. The van der Waals surface area contributed by atoms with Crippen LogP contribution in [0.5, 0.6) is 0 Å². The van der Waals surface area contributed by atoms with Crippen LogP contribution in [0, 0.1) is 11.8 Å². The number of piperidine rings is 1. The van der Waals surface area contributed by atoms with Crippen molar-refractivity contribution in [3.8, 4) is 0 Å². The molecule has 2 aliphatic rings. The molecule has 120 valence electrons. The minimum Gasteiger partial charge on any atom is -0.356 e. The van der Waals surface area contributed by atoms with Crippen LogP contribution < -0.4 is 5.32 Å². The number of nitrogens with zero attached hydrogens (tertiary/aromatic N) is 1. The van der Waals surface area contributed by atoms with Gasteiger partial charge in [0.1, 0.15) is 0 Å². The third-order valence-corrected chi connectivity index (χ3v) is 4.46. The lowest BCUT2D eigenvalue weighted by molar-refractivity contribution is -0.127. The first-order valence-electron chi connectivity index (χ1n) is 7.53. The Balaban J connectivity index is 1.62. The lowest BCUT2D eigenvalue weighted by Crippen LogP contribution is -2.39. The van der Waals surface area contributed by atoms with Gasteiger partial charge in [0.05, 0.1) is 6.42 Å². The van der Waals surface area contributed by atoms with E-state index in [9.17, 15) is 18.0 Å². The molecule has 0 unspecified atom stereocenters. The van der Waals surface area contributed by atoms with Crippen LogP contribution in [0.2, 0.25) is 0 Å². The third-order valence-electron chi connectivity index (χ3n) is 4.46. The van der Waals surface area contributed by atoms with Crippen LogP contribution in [0.25, 0.3) is 0 Å². The van der Waals surface area contributed by atoms with Crippen LogP contribution in [0.3, 0.4) is 0 Å². The zero-order valence-electron chi connectivity index (χ0n) is 12.2. The maximum atomic E-state index is 12.5. The van der Waals surface area contributed by atoms with Crippen molar-refractivity contribution in [2.45, 2.75) is 25.6 Å². The van der Waals surface area contributed by atoms with E-state index in [-0.39, 0.29) is 5.91 Å². The van der Waals surface area contributed by atoms with E-state index in [1.807, 2.05) is 6.07 Å². The summed E-state index contributed by atoms with van der Waals surface area (Å²) in [6.07, 6.45) is -4.49. The van der Waals surface area contributed by atoms with E-state index in [0.717, 1.165) is 18.7 Å². The molecule has 3 rings (SSSR count). The molecule has 22 heavy (non-hydrogen) atoms. The number of carbonyl (C=O) groups is 1. The first-order chi connectivity index (χ1) is 10.4. The fourth-order valence-electron chi connectivity index (χ4n) is 3.51. The number of benzene rings is 1. The van der Waals surface area contributed by atoms with Crippen molar-refractivity contribution in [2.75, 3.05) is 19.6 Å². The van der Waals surface area contributed by atoms with Crippen LogP contribution in [0.15, 0.2) is 24.3 Å². The summed E-state index contributed by atoms with van der Waals surface area (Å²) < 4.78 is 37.4. The first-order valence-corrected chi connectivity index (χ1v) is 7.53. The average Bonchev–Trinajstić information content (AvgIpc) is 2.78. The molecule has 0 spiro atoms. The summed E-state index contributed by atoms with van der Waals surface area (Å²) >= 11 is 0. The number of hydrogen-bond acceptors (Lipinski definition) is 2. The Morgan fingerprint density at radius 1 is 1.18 bits per heavy atom. The number of fused-ring (bicyclic) bond motifs is 1. The van der Waals surface area contributed by atoms with Gasteiger partial charge in [0.25, 0.3) is 0 Å². The molecule has 2 aliphatic heterocycles. The number of alkyl halides is 3. The number of hydrogen-bond donors (Lipinski definition) is 1. The van der Waals surface area contributed by atoms with Gasteiger partial charge in [-0.05, 0) is 23.0 Å². The van der Waals surface area contributed by atoms with Crippen molar-refractivity contribution in [3.05, 3.63) is 35.4 Å². The molecule has 2 fully saturated rings. The molecular weight excluding hydrogens is 293 g/mol. The summed E-state index contributed by atoms with van der Waals surface area (Å²) in [6.45, 7) is 3.11. The molecule has 1 aromatic carbocycles. The number of amides is 1. The molecule has 6 heteroatoms. The largest absolute Gasteiger partial charge is 0.393 e. The van der Waals surface area contributed by atoms with E-state index in [4.69, 9.17) is 0 Å². The molecule has 0 radical (unpaired) electrons. The summed E-state index contributed by atoms with van der Waals surface area (Å²) in [5, 5.41) is 2.88. The van der Waals surface area contributed by atoms with Crippen molar-refractivity contribution in [1.29, 1.82) is 0 Å². The Kier molecular flexibility index (Phi) is 4.12. The molecule has 1 amide bonds. The third kappa shape index (κ3) is 3.80. The van der Waals surface area contributed by atoms with Gasteiger partial charge in [-0.2, -0.15) is 13.2 Å². The fraction of sp³-hybridized carbons (Fsp3) is 0.562. The quantitative estimate of drug-likeness (QED) is 0.929. The lowest BCUT2D eigenvalue weighted by Gasteiger charge is -2.23. The number of rotatable bonds is 3. The molecule has 3 nitrogen and oxygen atoms in total. The molecule has 0 bridgehead atoms. The highest BCUT2D eigenvalue weighted by atomic mass is 19.4. The van der Waals surface area contributed by atoms with Gasteiger partial charge in [-0.3, -0.25) is 9.69 Å². The molecule has 2 heterocycles. The molecule has 1 aromatic rings. The summed E-state index contributed by atoms with van der Waals surface area (Å²) in [7, 11) is 0. The van der Waals surface area contributed by atoms with Gasteiger partial charge in [0.15, 0.2) is 0 Å². The molecular formula is C16H19F3N2O. The van der Waals surface area contributed by atoms with Crippen LogP contribution in [-0.4, -0.2) is 36.6 Å². The normalized spacial score (nSPS) is 25.9. The van der Waals surface area contributed by atoms with Crippen LogP contribution in [0.1, 0.15) is 17.5 Å². The Hall–Kier alpha value is -1.56. The van der Waals surface area contributed by atoms with Crippen molar-refractivity contribution in [2.24, 2.45) is 11.8 Å². The highest BCUT2D eigenvalue weighted by molar-refractivity contribution is 5.77. The summed E-state index contributed by atoms with van der Waals surface area (Å²) in [5.41, 5.74) is 1.21. The standard InChI is InChI=1S/C16H19F3N2O/c17-16(18,19)6-11-2-1-3-12(4-11)8-21-9-13-5-15(22)20-7-14(13)10-21/h1-4,13-14H,5-10H2,(H,20,22)/t13-,14+/m1/s1. The van der Waals surface area contributed by atoms with Gasteiger partial charge in [0.2, 0.25) is 5.91 Å². The first kappa shape index (κ1) is 15.3. The van der Waals surface area contributed by atoms with E-state index >= 15 is 0 Å². The summed E-state index contributed by atoms with van der Waals surface area (Å²) in [4.78, 5) is 13.7. The van der Waals surface area contributed by atoms with Crippen molar-refractivity contribution < 1.29 is 18.0 Å². The smallest absolute Gasteiger partial charge is 0.356 e. The van der Waals surface area contributed by atoms with Gasteiger partial charge in [-0.15, -0.1) is 0 Å². The Bertz CT molecular complexity index is 559. The zero-order chi connectivity index (χ0) is 15.7. The van der Waals surface area contributed by atoms with Gasteiger partial charge in [-0.25, -0.2) is 0 Å². The van der Waals surface area contributed by atoms with Crippen LogP contribution in [0.4, 0.5) is 13.2 Å². The van der Waals surface area contributed by atoms with E-state index in [2.05, 4.69) is 10.2 Å². The number of nitrogens with one attached hydrogen (secondary N) is 1. The monoisotopic (exact) mass is 312 g/mol. The molecule has 0 aromatic heterocycles. The number of halogens is 3. The Morgan fingerprint density at radius 2 is 1.91 bits per heavy atom. The second kappa shape index (κ2) is 5.91. The zero-order valence-corrected chi connectivity index (χ0v) is 12.2. The van der Waals surface area contributed by atoms with Gasteiger partial charge in [-0.1, -0.05) is 24.3 Å². The highest BCUT2D eigenvalue weighted by Crippen LogP contribution is 2.30. The predicted molar refractivity (Wildman–Crippen MR) is 76.1 cm³/mol. The second-order valence-electron chi connectivity index (χ2n) is 6.33. The van der Waals surface area contributed by atoms with Crippen molar-refractivity contribution in [3.63, 3.8) is 0 Å². The van der Waals surface area contributed by atoms with Crippen molar-refractivity contribution in [1.82, 2.24) is 10.2 Å². The SMILES string of the molecule is O=C1C[C@@H]2CN(Cc3cccc(CC(F)(F)F)c3)C[C@@H]2CN1. The minimum absolute atomic E-state index is 0.107. The van der Waals surface area contributed by atoms with Crippen LogP contribution in [-0.2, 0) is 17.8 Å². The van der Waals surface area contributed by atoms with E-state index in [0.29, 0.717) is 36.9 Å². The molecule has 1 N–H and O–H groups in total. The Morgan fingerprint density at radius 3 is 2.68 bits per heavy atom. The fourth-order valence-corrected chi connectivity index (χ4v) is 3.51. The van der Waals surface area contributed by atoms with E-state index in [1.165, 1.54) is 6.07 Å². The number of likely N-dealkylation sites (tertiary alicyclic amines) is 1. The molecule has 2 saturated heterocycles. The summed E-state index contributed by atoms with van der Waals surface area (Å²) in [6, 6.07) is 6.71. The number of carbonyl (C=O) groups excluding carboxylic acids is 1. The van der Waals surface area contributed by atoms with Gasteiger partial charge in [0, 0.05) is 32.6 Å². The van der Waals surface area contributed by atoms with Gasteiger partial charge >= 0.3 is 6.18 Å². The van der Waals surface area contributed by atoms with Crippen LogP contribution >= 0.6 is 0 Å². The molecule has 0 saturated carbocycles. The maximum Gasteiger partial charge on any atom is 0.393 e. The Labute approximate surface area is 127 Å². The minimum atomic E-state index is -4.17. The average molecular weight is 312 g/mol. The lowest BCUT2D eigenvalue weighted by atomic mass is 9.89. The predicted octanol–water partition coefficient (Wildman–Crippen LogP) is 2.36. The van der Waals surface area contributed by atoms with E-state index in [1.54, 1.807) is 12.1 Å². The van der Waals surface area contributed by atoms with E-state index < -0.39 is 12.6 Å². The molecule has 0 aliphatic carbocycles. The van der Waals surface area contributed by atoms with Gasteiger partial charge < -0.3 is 5.32 Å². The maximum absolute atomic E-state index is 12.5. The topological polar surface area (TPSA) is 32.3 Å².